The number of hydrogen-bond acceptors (Lipinski definition) is 3. The fraction of sp³-hybridized carbons (Fsp3) is 0.467. The average Bonchev–Trinajstić information content (AvgIpc) is 2.68. The molecule has 0 spiro atoms. The molecule has 1 fully saturated rings. The molecule has 0 radical (unpaired) electrons. The second-order valence-corrected chi connectivity index (χ2v) is 6.07. The zero-order valence-corrected chi connectivity index (χ0v) is 12.7. The molecule has 0 bridgehead atoms. The molecule has 5 heteroatoms. The van der Waals surface area contributed by atoms with E-state index in [1.54, 1.807) is 0 Å². The van der Waals surface area contributed by atoms with Crippen LogP contribution < -0.4 is 5.32 Å². The van der Waals surface area contributed by atoms with Crippen molar-refractivity contribution >= 4 is 23.6 Å². The van der Waals surface area contributed by atoms with Crippen LogP contribution in [0.4, 0.5) is 0 Å². The molecule has 0 unspecified atom stereocenters. The van der Waals surface area contributed by atoms with Crippen molar-refractivity contribution in [3.8, 4) is 0 Å². The van der Waals surface area contributed by atoms with Crippen molar-refractivity contribution in [3.05, 3.63) is 35.9 Å². The van der Waals surface area contributed by atoms with Gasteiger partial charge < -0.3 is 10.2 Å². The maximum atomic E-state index is 12.5. The molecule has 1 aromatic rings. The van der Waals surface area contributed by atoms with Gasteiger partial charge in [0, 0.05) is 13.1 Å². The van der Waals surface area contributed by atoms with Gasteiger partial charge in [0.2, 0.25) is 11.8 Å². The van der Waals surface area contributed by atoms with Crippen LogP contribution in [0.3, 0.4) is 0 Å². The number of benzene rings is 1. The van der Waals surface area contributed by atoms with Crippen molar-refractivity contribution in [2.24, 2.45) is 0 Å². The van der Waals surface area contributed by atoms with Crippen molar-refractivity contribution in [2.45, 2.75) is 24.6 Å². The number of amides is 2. The molecular weight excluding hydrogens is 272 g/mol. The van der Waals surface area contributed by atoms with Crippen LogP contribution in [0.1, 0.15) is 24.9 Å². The van der Waals surface area contributed by atoms with Crippen molar-refractivity contribution in [3.63, 3.8) is 0 Å². The predicted molar refractivity (Wildman–Crippen MR) is 81.5 cm³/mol. The first-order valence-corrected chi connectivity index (χ1v) is 8.07. The summed E-state index contributed by atoms with van der Waals surface area (Å²) in [6, 6.07) is 9.62. The fourth-order valence-corrected chi connectivity index (χ4v) is 2.74. The Balaban J connectivity index is 2.30. The number of rotatable bonds is 3. The molecule has 0 aromatic heterocycles. The van der Waals surface area contributed by atoms with Gasteiger partial charge in [-0.25, -0.2) is 0 Å². The van der Waals surface area contributed by atoms with E-state index in [1.165, 1.54) is 11.8 Å². The molecule has 1 aliphatic heterocycles. The summed E-state index contributed by atoms with van der Waals surface area (Å²) in [5.74, 6) is 0.105. The van der Waals surface area contributed by atoms with Gasteiger partial charge in [0.05, 0.1) is 17.7 Å². The third-order valence-corrected chi connectivity index (χ3v) is 4.51. The van der Waals surface area contributed by atoms with Crippen LogP contribution in [0.15, 0.2) is 30.3 Å². The molecule has 0 aliphatic carbocycles. The van der Waals surface area contributed by atoms with E-state index in [4.69, 9.17) is 0 Å². The molecule has 108 valence electrons. The summed E-state index contributed by atoms with van der Waals surface area (Å²) in [4.78, 5) is 26.2. The van der Waals surface area contributed by atoms with Crippen LogP contribution in [0.25, 0.3) is 0 Å². The van der Waals surface area contributed by atoms with E-state index in [-0.39, 0.29) is 23.1 Å². The molecule has 2 rings (SSSR count). The van der Waals surface area contributed by atoms with Crippen molar-refractivity contribution in [2.75, 3.05) is 19.3 Å². The number of thioether (sulfide) groups is 1. The van der Waals surface area contributed by atoms with Crippen molar-refractivity contribution in [1.82, 2.24) is 10.2 Å². The Hall–Kier alpha value is -1.49. The molecule has 0 saturated carbocycles. The number of nitrogens with zero attached hydrogens (tertiary/aromatic N) is 1. The Labute approximate surface area is 123 Å². The number of hydrogen-bond donors (Lipinski definition) is 1. The number of nitrogens with one attached hydrogen (secondary N) is 1. The molecule has 20 heavy (non-hydrogen) atoms. The summed E-state index contributed by atoms with van der Waals surface area (Å²) >= 11 is 1.53. The molecule has 2 amide bonds. The summed E-state index contributed by atoms with van der Waals surface area (Å²) in [5, 5.41) is 2.76. The van der Waals surface area contributed by atoms with Gasteiger partial charge in [-0.05, 0) is 18.7 Å². The molecule has 1 saturated heterocycles. The molecule has 2 atom stereocenters. The topological polar surface area (TPSA) is 49.4 Å². The van der Waals surface area contributed by atoms with Gasteiger partial charge >= 0.3 is 0 Å². The highest BCUT2D eigenvalue weighted by Crippen LogP contribution is 2.27. The van der Waals surface area contributed by atoms with E-state index in [0.29, 0.717) is 19.5 Å². The maximum absolute atomic E-state index is 12.5. The zero-order valence-electron chi connectivity index (χ0n) is 11.8. The van der Waals surface area contributed by atoms with E-state index < -0.39 is 0 Å². The second-order valence-electron chi connectivity index (χ2n) is 4.89. The zero-order chi connectivity index (χ0) is 14.5. The van der Waals surface area contributed by atoms with Crippen LogP contribution in [0, 0.1) is 0 Å². The summed E-state index contributed by atoms with van der Waals surface area (Å²) in [5.41, 5.74) is 1.02. The Morgan fingerprint density at radius 1 is 1.40 bits per heavy atom. The van der Waals surface area contributed by atoms with Crippen LogP contribution in [-0.4, -0.2) is 41.3 Å². The Kier molecular flexibility index (Phi) is 5.06. The molecular formula is C15H20N2O2S. The van der Waals surface area contributed by atoms with E-state index in [2.05, 4.69) is 5.32 Å². The Bertz CT molecular complexity index is 478. The first-order valence-electron chi connectivity index (χ1n) is 6.78. The van der Waals surface area contributed by atoms with Gasteiger partial charge in [-0.3, -0.25) is 9.59 Å². The van der Waals surface area contributed by atoms with Crippen LogP contribution in [0.5, 0.6) is 0 Å². The van der Waals surface area contributed by atoms with Crippen LogP contribution in [-0.2, 0) is 9.59 Å². The third kappa shape index (κ3) is 3.33. The largest absolute Gasteiger partial charge is 0.354 e. The van der Waals surface area contributed by atoms with Gasteiger partial charge in [-0.2, -0.15) is 11.8 Å². The van der Waals surface area contributed by atoms with Crippen LogP contribution >= 0.6 is 11.8 Å². The number of carbonyl (C=O) groups is 2. The minimum absolute atomic E-state index is 0.00552. The predicted octanol–water partition coefficient (Wildman–Crippen LogP) is 1.83. The summed E-state index contributed by atoms with van der Waals surface area (Å²) < 4.78 is 0. The first kappa shape index (κ1) is 14.9. The first-order chi connectivity index (χ1) is 9.63. The van der Waals surface area contributed by atoms with E-state index in [0.717, 1.165) is 5.56 Å². The quantitative estimate of drug-likeness (QED) is 0.924. The van der Waals surface area contributed by atoms with Gasteiger partial charge in [0.1, 0.15) is 0 Å². The summed E-state index contributed by atoms with van der Waals surface area (Å²) in [6.45, 7) is 3.00. The minimum atomic E-state index is -0.166. The SMILES string of the molecule is CS[C@@H](C)C(=O)N1CCNC(=O)C[C@H]1c1ccccc1. The molecule has 1 heterocycles. The highest BCUT2D eigenvalue weighted by Gasteiger charge is 2.31. The Morgan fingerprint density at radius 3 is 2.75 bits per heavy atom. The lowest BCUT2D eigenvalue weighted by atomic mass is 10.0. The molecule has 4 nitrogen and oxygen atoms in total. The monoisotopic (exact) mass is 292 g/mol. The molecule has 1 N–H and O–H groups in total. The number of carbonyl (C=O) groups excluding carboxylic acids is 2. The highest BCUT2D eigenvalue weighted by atomic mass is 32.2. The van der Waals surface area contributed by atoms with Gasteiger partial charge in [0.25, 0.3) is 0 Å². The lowest BCUT2D eigenvalue weighted by Crippen LogP contribution is -2.40. The highest BCUT2D eigenvalue weighted by molar-refractivity contribution is 7.99. The minimum Gasteiger partial charge on any atom is -0.354 e. The van der Waals surface area contributed by atoms with Crippen molar-refractivity contribution < 1.29 is 9.59 Å². The van der Waals surface area contributed by atoms with Crippen LogP contribution in [0.2, 0.25) is 0 Å². The smallest absolute Gasteiger partial charge is 0.235 e. The third-order valence-electron chi connectivity index (χ3n) is 3.60. The average molecular weight is 292 g/mol. The van der Waals surface area contributed by atoms with Gasteiger partial charge in [-0.15, -0.1) is 0 Å². The standard InChI is InChI=1S/C15H20N2O2S/c1-11(20-2)15(19)17-9-8-16-14(18)10-13(17)12-6-4-3-5-7-12/h3-7,11,13H,8-10H2,1-2H3,(H,16,18)/t11-,13-/m0/s1. The van der Waals surface area contributed by atoms with E-state index in [9.17, 15) is 9.59 Å². The fourth-order valence-electron chi connectivity index (χ4n) is 2.40. The normalized spacial score (nSPS) is 21.0. The molecule has 1 aromatic carbocycles. The Morgan fingerprint density at radius 2 is 2.10 bits per heavy atom. The van der Waals surface area contributed by atoms with Crippen molar-refractivity contribution in [1.29, 1.82) is 0 Å². The molecule has 1 aliphatic rings. The van der Waals surface area contributed by atoms with E-state index in [1.807, 2.05) is 48.4 Å². The lowest BCUT2D eigenvalue weighted by molar-refractivity contribution is -0.132. The lowest BCUT2D eigenvalue weighted by Gasteiger charge is -2.31. The maximum Gasteiger partial charge on any atom is 0.235 e. The van der Waals surface area contributed by atoms with Gasteiger partial charge in [0.15, 0.2) is 0 Å². The second kappa shape index (κ2) is 6.79. The summed E-state index contributed by atoms with van der Waals surface area (Å²) in [7, 11) is 0. The van der Waals surface area contributed by atoms with E-state index >= 15 is 0 Å². The summed E-state index contributed by atoms with van der Waals surface area (Å²) in [6.07, 6.45) is 2.26. The van der Waals surface area contributed by atoms with Gasteiger partial charge in [-0.1, -0.05) is 30.3 Å².